The maximum Gasteiger partial charge on any atom is 0.194 e. The highest BCUT2D eigenvalue weighted by Gasteiger charge is 2.16. The number of anilines is 1. The summed E-state index contributed by atoms with van der Waals surface area (Å²) in [4.78, 5) is 13.8. The number of nitrogens with zero attached hydrogens (tertiary/aromatic N) is 1. The van der Waals surface area contributed by atoms with Gasteiger partial charge in [-0.3, -0.25) is 4.79 Å². The highest BCUT2D eigenvalue weighted by Crippen LogP contribution is 2.30. The van der Waals surface area contributed by atoms with Crippen molar-refractivity contribution < 1.29 is 9.21 Å². The summed E-state index contributed by atoms with van der Waals surface area (Å²) in [5, 5.41) is 4.40. The van der Waals surface area contributed by atoms with E-state index in [1.165, 1.54) is 18.2 Å². The Kier molecular flexibility index (Phi) is 3.03. The quantitative estimate of drug-likeness (QED) is 0.840. The van der Waals surface area contributed by atoms with Crippen molar-refractivity contribution in [2.24, 2.45) is 0 Å². The fraction of sp³-hybridized carbons (Fsp3) is 0.400. The van der Waals surface area contributed by atoms with Crippen LogP contribution in [-0.4, -0.2) is 32.0 Å². The van der Waals surface area contributed by atoms with Crippen molar-refractivity contribution in [3.8, 4) is 0 Å². The summed E-state index contributed by atoms with van der Waals surface area (Å²) in [5.74, 6) is 0.412. The first-order chi connectivity index (χ1) is 9.16. The van der Waals surface area contributed by atoms with Crippen LogP contribution in [0, 0.1) is 6.92 Å². The topological polar surface area (TPSA) is 45.5 Å². The van der Waals surface area contributed by atoms with Gasteiger partial charge in [-0.2, -0.15) is 0 Å². The van der Waals surface area contributed by atoms with Crippen LogP contribution in [0.15, 0.2) is 22.6 Å². The Bertz CT molecular complexity index is 624. The molecule has 1 fully saturated rings. The first-order valence-electron chi connectivity index (χ1n) is 6.66. The van der Waals surface area contributed by atoms with E-state index in [0.29, 0.717) is 5.76 Å². The van der Waals surface area contributed by atoms with Crippen LogP contribution < -0.4 is 10.2 Å². The minimum atomic E-state index is -0.0284. The number of fused-ring (bicyclic) bond motifs is 1. The average Bonchev–Trinajstić information content (AvgIpc) is 2.85. The zero-order valence-electron chi connectivity index (χ0n) is 11.3. The van der Waals surface area contributed by atoms with Crippen molar-refractivity contribution in [3.63, 3.8) is 0 Å². The number of hydrogen-bond donors (Lipinski definition) is 1. The molecule has 0 radical (unpaired) electrons. The number of Topliss-reactive ketones (excluding diaryl/α,β-unsaturated/α-hetero) is 1. The SMILES string of the molecule is CC(=O)c1cc2c(C)c(N3CCNCC3)ccc2o1. The molecule has 0 saturated carbocycles. The number of benzene rings is 1. The third kappa shape index (κ3) is 2.12. The van der Waals surface area contributed by atoms with Gasteiger partial charge in [0, 0.05) is 44.2 Å². The number of rotatable bonds is 2. The minimum absolute atomic E-state index is 0.0284. The van der Waals surface area contributed by atoms with Gasteiger partial charge in [-0.25, -0.2) is 0 Å². The fourth-order valence-electron chi connectivity index (χ4n) is 2.66. The van der Waals surface area contributed by atoms with Crippen LogP contribution in [0.1, 0.15) is 23.0 Å². The number of carbonyl (C=O) groups is 1. The Labute approximate surface area is 112 Å². The summed E-state index contributed by atoms with van der Waals surface area (Å²) in [6.45, 7) is 7.69. The van der Waals surface area contributed by atoms with Gasteiger partial charge in [0.05, 0.1) is 0 Å². The average molecular weight is 258 g/mol. The van der Waals surface area contributed by atoms with Gasteiger partial charge in [-0.05, 0) is 30.7 Å². The van der Waals surface area contributed by atoms with Crippen LogP contribution in [0.5, 0.6) is 0 Å². The van der Waals surface area contributed by atoms with Gasteiger partial charge in [0.15, 0.2) is 11.5 Å². The molecule has 3 rings (SSSR count). The summed E-state index contributed by atoms with van der Waals surface area (Å²) < 4.78 is 5.57. The van der Waals surface area contributed by atoms with Gasteiger partial charge in [0.2, 0.25) is 0 Å². The number of hydrogen-bond acceptors (Lipinski definition) is 4. The molecule has 1 aromatic carbocycles. The van der Waals surface area contributed by atoms with Crippen molar-refractivity contribution in [3.05, 3.63) is 29.5 Å². The van der Waals surface area contributed by atoms with E-state index in [1.54, 1.807) is 0 Å². The Hall–Kier alpha value is -1.81. The second-order valence-electron chi connectivity index (χ2n) is 5.03. The molecule has 1 aromatic heterocycles. The molecule has 1 aliphatic heterocycles. The van der Waals surface area contributed by atoms with Crippen molar-refractivity contribution in [2.75, 3.05) is 31.1 Å². The Balaban J connectivity index is 2.06. The number of ketones is 1. The van der Waals surface area contributed by atoms with E-state index in [1.807, 2.05) is 12.1 Å². The molecule has 4 heteroatoms. The molecule has 0 unspecified atom stereocenters. The lowest BCUT2D eigenvalue weighted by molar-refractivity contribution is 0.0989. The van der Waals surface area contributed by atoms with Crippen LogP contribution >= 0.6 is 0 Å². The normalized spacial score (nSPS) is 16.0. The van der Waals surface area contributed by atoms with Gasteiger partial charge >= 0.3 is 0 Å². The van der Waals surface area contributed by atoms with Gasteiger partial charge in [0.25, 0.3) is 0 Å². The van der Waals surface area contributed by atoms with Crippen molar-refractivity contribution in [1.82, 2.24) is 5.32 Å². The second kappa shape index (κ2) is 4.70. The lowest BCUT2D eigenvalue weighted by Crippen LogP contribution is -2.43. The largest absolute Gasteiger partial charge is 0.453 e. The van der Waals surface area contributed by atoms with Gasteiger partial charge in [-0.1, -0.05) is 0 Å². The lowest BCUT2D eigenvalue weighted by Gasteiger charge is -2.30. The predicted octanol–water partition coefficient (Wildman–Crippen LogP) is 2.35. The molecule has 100 valence electrons. The number of carbonyl (C=O) groups excluding carboxylic acids is 1. The van der Waals surface area contributed by atoms with Crippen LogP contribution in [0.2, 0.25) is 0 Å². The zero-order valence-corrected chi connectivity index (χ0v) is 11.3. The summed E-state index contributed by atoms with van der Waals surface area (Å²) >= 11 is 0. The Morgan fingerprint density at radius 2 is 2.05 bits per heavy atom. The number of aryl methyl sites for hydroxylation is 1. The summed E-state index contributed by atoms with van der Waals surface area (Å²) in [7, 11) is 0. The van der Waals surface area contributed by atoms with Crippen molar-refractivity contribution in [1.29, 1.82) is 0 Å². The van der Waals surface area contributed by atoms with Gasteiger partial charge in [0.1, 0.15) is 5.58 Å². The molecule has 1 aliphatic rings. The number of nitrogens with one attached hydrogen (secondary N) is 1. The highest BCUT2D eigenvalue weighted by molar-refractivity contribution is 5.97. The summed E-state index contributed by atoms with van der Waals surface area (Å²) in [5.41, 5.74) is 3.22. The van der Waals surface area contributed by atoms with E-state index in [-0.39, 0.29) is 5.78 Å². The lowest BCUT2D eigenvalue weighted by atomic mass is 10.1. The van der Waals surface area contributed by atoms with Gasteiger partial charge < -0.3 is 14.6 Å². The molecule has 19 heavy (non-hydrogen) atoms. The molecule has 0 atom stereocenters. The predicted molar refractivity (Wildman–Crippen MR) is 76.0 cm³/mol. The number of furan rings is 1. The van der Waals surface area contributed by atoms with Crippen LogP contribution in [0.25, 0.3) is 11.0 Å². The zero-order chi connectivity index (χ0) is 13.4. The minimum Gasteiger partial charge on any atom is -0.453 e. The monoisotopic (exact) mass is 258 g/mol. The maximum absolute atomic E-state index is 11.4. The molecule has 1 N–H and O–H groups in total. The molecule has 0 amide bonds. The van der Waals surface area contributed by atoms with E-state index in [4.69, 9.17) is 4.42 Å². The van der Waals surface area contributed by atoms with Crippen LogP contribution in [0.4, 0.5) is 5.69 Å². The molecule has 0 bridgehead atoms. The highest BCUT2D eigenvalue weighted by atomic mass is 16.3. The van der Waals surface area contributed by atoms with E-state index in [0.717, 1.165) is 37.1 Å². The Morgan fingerprint density at radius 1 is 1.32 bits per heavy atom. The molecule has 2 heterocycles. The van der Waals surface area contributed by atoms with E-state index in [9.17, 15) is 4.79 Å². The second-order valence-corrected chi connectivity index (χ2v) is 5.03. The van der Waals surface area contributed by atoms with Crippen LogP contribution in [0.3, 0.4) is 0 Å². The fourth-order valence-corrected chi connectivity index (χ4v) is 2.66. The van der Waals surface area contributed by atoms with E-state index < -0.39 is 0 Å². The molecule has 2 aromatic rings. The molecular formula is C15H18N2O2. The molecule has 0 spiro atoms. The summed E-state index contributed by atoms with van der Waals surface area (Å²) in [6.07, 6.45) is 0. The van der Waals surface area contributed by atoms with Crippen LogP contribution in [-0.2, 0) is 0 Å². The maximum atomic E-state index is 11.4. The molecule has 0 aliphatic carbocycles. The molecule has 1 saturated heterocycles. The Morgan fingerprint density at radius 3 is 2.74 bits per heavy atom. The van der Waals surface area contributed by atoms with Gasteiger partial charge in [-0.15, -0.1) is 0 Å². The molecular weight excluding hydrogens is 240 g/mol. The number of piperazine rings is 1. The smallest absolute Gasteiger partial charge is 0.194 e. The van der Waals surface area contributed by atoms with E-state index >= 15 is 0 Å². The van der Waals surface area contributed by atoms with E-state index in [2.05, 4.69) is 23.2 Å². The third-order valence-electron chi connectivity index (χ3n) is 3.75. The summed E-state index contributed by atoms with van der Waals surface area (Å²) in [6, 6.07) is 5.92. The van der Waals surface area contributed by atoms with Crippen molar-refractivity contribution in [2.45, 2.75) is 13.8 Å². The van der Waals surface area contributed by atoms with Crippen molar-refractivity contribution >= 4 is 22.4 Å². The first kappa shape index (κ1) is 12.2. The molecule has 4 nitrogen and oxygen atoms in total. The first-order valence-corrected chi connectivity index (χ1v) is 6.66. The third-order valence-corrected chi connectivity index (χ3v) is 3.75. The standard InChI is InChI=1S/C15H18N2O2/c1-10-12-9-15(11(2)18)19-14(12)4-3-13(10)17-7-5-16-6-8-17/h3-4,9,16H,5-8H2,1-2H3.